The predicted molar refractivity (Wildman–Crippen MR) is 226 cm³/mol. The fraction of sp³-hybridized carbons (Fsp3) is 0.0213. The Morgan fingerprint density at radius 3 is 0.769 bits per heavy atom. The number of hydrogen-bond acceptors (Lipinski definition) is 2. The molecule has 0 aliphatic rings. The van der Waals surface area contributed by atoms with E-state index in [1.54, 1.807) is 0 Å². The van der Waals surface area contributed by atoms with Crippen LogP contribution in [0.15, 0.2) is 206 Å². The topological polar surface area (TPSA) is 6.48 Å². The zero-order valence-corrected chi connectivity index (χ0v) is 30.5. The molecule has 0 saturated heterocycles. The number of benzene rings is 8. The van der Waals surface area contributed by atoms with E-state index >= 15 is 0 Å². The molecule has 0 N–H and O–H groups in total. The van der Waals surface area contributed by atoms with E-state index in [0.29, 0.717) is 0 Å². The van der Waals surface area contributed by atoms with Crippen LogP contribution in [0.3, 0.4) is 0 Å². The first-order valence-corrected chi connectivity index (χ1v) is 18.3. The average Bonchev–Trinajstić information content (AvgIpc) is 3.20. The molecule has 0 amide bonds. The van der Waals surface area contributed by atoms with Gasteiger partial charge in [0.05, 0.1) is 0 Å². The summed E-state index contributed by atoms with van der Waals surface area (Å²) in [7, 11) is 0. The molecule has 254 valence electrons. The van der Waals surface area contributed by atoms with Crippen LogP contribution in [0.5, 0.6) is 0 Å². The Bertz CT molecular complexity index is 2070. The van der Waals surface area contributed by atoms with Gasteiger partial charge in [0.25, 0.3) is 0 Å². The number of para-hydroxylation sites is 4. The van der Waals surface area contributed by atoms with Crippen molar-refractivity contribution in [3.05, 3.63) is 206 Å². The van der Waals surface area contributed by atoms with Gasteiger partial charge in [-0.05, 0) is 106 Å². The van der Waals surface area contributed by atoms with Crippen LogP contribution < -0.4 is 9.80 Å². The Balaban J connectivity index is 0.00000100. The zero-order valence-electron chi connectivity index (χ0n) is 28.2. The third-order valence-electron chi connectivity index (χ3n) is 8.85. The number of halogens is 3. The van der Waals surface area contributed by atoms with Crippen molar-refractivity contribution in [3.63, 3.8) is 0 Å². The number of anilines is 6. The molecule has 0 aliphatic heterocycles. The van der Waals surface area contributed by atoms with Gasteiger partial charge >= 0.3 is 0 Å². The molecule has 8 aromatic rings. The van der Waals surface area contributed by atoms with Crippen molar-refractivity contribution >= 4 is 79.7 Å². The van der Waals surface area contributed by atoms with Gasteiger partial charge in [-0.15, -0.1) is 0 Å². The summed E-state index contributed by atoms with van der Waals surface area (Å²) in [6, 6.07) is 73.3. The summed E-state index contributed by atoms with van der Waals surface area (Å²) in [6.07, 6.45) is 0. The summed E-state index contributed by atoms with van der Waals surface area (Å²) >= 11 is 14.4. The Kier molecular flexibility index (Phi) is 11.2. The first-order chi connectivity index (χ1) is 25.6. The molecular weight excluding hydrogens is 699 g/mol. The van der Waals surface area contributed by atoms with Crippen LogP contribution in [0.25, 0.3) is 33.0 Å². The second kappa shape index (κ2) is 16.7. The lowest BCUT2D eigenvalue weighted by Crippen LogP contribution is -2.09. The van der Waals surface area contributed by atoms with E-state index in [1.807, 2.05) is 0 Å². The molecule has 0 aliphatic carbocycles. The fourth-order valence-electron chi connectivity index (χ4n) is 6.59. The average molecular weight is 734 g/mol. The molecule has 52 heavy (non-hydrogen) atoms. The number of hydrogen-bond donors (Lipinski definition) is 0. The van der Waals surface area contributed by atoms with E-state index < -0.39 is 4.30 Å². The van der Waals surface area contributed by atoms with Crippen LogP contribution in [0.1, 0.15) is 0 Å². The van der Waals surface area contributed by atoms with Crippen molar-refractivity contribution < 1.29 is 0 Å². The maximum absolute atomic E-state index is 4.81. The molecule has 0 atom stereocenters. The van der Waals surface area contributed by atoms with E-state index in [4.69, 9.17) is 34.8 Å². The molecular formula is C47H35Cl3N2. The number of alkyl halides is 3. The molecule has 0 saturated carbocycles. The van der Waals surface area contributed by atoms with Crippen molar-refractivity contribution in [1.29, 1.82) is 0 Å². The van der Waals surface area contributed by atoms with Crippen LogP contribution in [0.4, 0.5) is 34.1 Å². The number of rotatable bonds is 8. The summed E-state index contributed by atoms with van der Waals surface area (Å²) < 4.78 is -0.750. The minimum absolute atomic E-state index is 0.750. The summed E-state index contributed by atoms with van der Waals surface area (Å²) in [4.78, 5) is 4.59. The minimum Gasteiger partial charge on any atom is -0.311 e. The van der Waals surface area contributed by atoms with Crippen molar-refractivity contribution in [2.75, 3.05) is 9.80 Å². The van der Waals surface area contributed by atoms with Gasteiger partial charge in [0.15, 0.2) is 4.30 Å². The Morgan fingerprint density at radius 2 is 0.500 bits per heavy atom. The molecule has 8 rings (SSSR count). The first kappa shape index (κ1) is 34.9. The van der Waals surface area contributed by atoms with Gasteiger partial charge in [-0.2, -0.15) is 0 Å². The highest BCUT2D eigenvalue weighted by Gasteiger charge is 2.15. The van der Waals surface area contributed by atoms with Crippen molar-refractivity contribution in [3.8, 4) is 22.3 Å². The van der Waals surface area contributed by atoms with E-state index in [0.717, 1.165) is 34.1 Å². The van der Waals surface area contributed by atoms with Crippen molar-refractivity contribution in [2.24, 2.45) is 0 Å². The third-order valence-corrected chi connectivity index (χ3v) is 8.85. The Morgan fingerprint density at radius 1 is 0.269 bits per heavy atom. The molecule has 0 aromatic heterocycles. The molecule has 0 heterocycles. The summed E-state index contributed by atoms with van der Waals surface area (Å²) in [5, 5.41) is 2.48. The lowest BCUT2D eigenvalue weighted by Gasteiger charge is -2.25. The monoisotopic (exact) mass is 732 g/mol. The van der Waals surface area contributed by atoms with E-state index in [9.17, 15) is 0 Å². The van der Waals surface area contributed by atoms with Gasteiger partial charge in [-0.1, -0.05) is 168 Å². The van der Waals surface area contributed by atoms with E-state index in [-0.39, 0.29) is 0 Å². The fourth-order valence-corrected chi connectivity index (χ4v) is 6.59. The first-order valence-electron chi connectivity index (χ1n) is 17.0. The van der Waals surface area contributed by atoms with Gasteiger partial charge in [0.2, 0.25) is 0 Å². The molecule has 8 aromatic carbocycles. The highest BCUT2D eigenvalue weighted by molar-refractivity contribution is 6.63. The summed E-state index contributed by atoms with van der Waals surface area (Å²) in [6.45, 7) is 0. The largest absolute Gasteiger partial charge is 0.311 e. The quantitative estimate of drug-likeness (QED) is 0.144. The molecule has 0 fully saturated rings. The molecule has 2 nitrogen and oxygen atoms in total. The SMILES string of the molecule is ClC(Cl)Cl.c1ccc(N(c2ccccc2)c2ccc(-c3ccc(-c4ccc(N(c5ccccc5)c5ccccc5)cc4)c4ccccc34)cc2)cc1. The second-order valence-electron chi connectivity index (χ2n) is 12.1. The molecule has 0 unspecified atom stereocenters. The lowest BCUT2D eigenvalue weighted by atomic mass is 9.92. The molecule has 0 radical (unpaired) electrons. The van der Waals surface area contributed by atoms with Gasteiger partial charge in [-0.25, -0.2) is 0 Å². The van der Waals surface area contributed by atoms with Crippen molar-refractivity contribution in [1.82, 2.24) is 0 Å². The van der Waals surface area contributed by atoms with Crippen LogP contribution in [-0.4, -0.2) is 4.30 Å². The highest BCUT2D eigenvalue weighted by atomic mass is 35.6. The second-order valence-corrected chi connectivity index (χ2v) is 14.0. The van der Waals surface area contributed by atoms with Crippen LogP contribution in [0.2, 0.25) is 0 Å². The molecule has 5 heteroatoms. The molecule has 0 bridgehead atoms. The third kappa shape index (κ3) is 8.01. The number of nitrogens with zero attached hydrogens (tertiary/aromatic N) is 2. The normalized spacial score (nSPS) is 10.8. The van der Waals surface area contributed by atoms with Gasteiger partial charge < -0.3 is 9.80 Å². The Hall–Kier alpha value is -5.51. The minimum atomic E-state index is -0.750. The zero-order chi connectivity index (χ0) is 35.7. The van der Waals surface area contributed by atoms with Crippen LogP contribution in [0, 0.1) is 0 Å². The maximum atomic E-state index is 4.81. The van der Waals surface area contributed by atoms with Gasteiger partial charge in [-0.3, -0.25) is 0 Å². The van der Waals surface area contributed by atoms with Gasteiger partial charge in [0.1, 0.15) is 0 Å². The predicted octanol–water partition coefficient (Wildman–Crippen LogP) is 15.1. The smallest absolute Gasteiger partial charge is 0.180 e. The van der Waals surface area contributed by atoms with Crippen molar-refractivity contribution in [2.45, 2.75) is 4.30 Å². The lowest BCUT2D eigenvalue weighted by molar-refractivity contribution is 1.28. The van der Waals surface area contributed by atoms with E-state index in [2.05, 4.69) is 216 Å². The summed E-state index contributed by atoms with van der Waals surface area (Å²) in [5.41, 5.74) is 11.6. The highest BCUT2D eigenvalue weighted by Crippen LogP contribution is 2.40. The standard InChI is InChI=1S/C46H34N2.CHCl3/c1-5-15-37(16-6-1)47(38-17-7-2-8-18-38)41-29-25-35(26-30-41)43-33-34-44(46-24-14-13-23-45(43)46)36-27-31-42(32-28-36)48(39-19-9-3-10-20-39)40-21-11-4-12-22-40;2-1(3)4/h1-34H;1H. The van der Waals surface area contributed by atoms with Crippen LogP contribution >= 0.6 is 34.8 Å². The van der Waals surface area contributed by atoms with E-state index in [1.165, 1.54) is 33.0 Å². The summed E-state index contributed by atoms with van der Waals surface area (Å²) in [5.74, 6) is 0. The Labute approximate surface area is 320 Å². The molecule has 0 spiro atoms. The van der Waals surface area contributed by atoms with Gasteiger partial charge in [0, 0.05) is 34.1 Å². The van der Waals surface area contributed by atoms with Crippen LogP contribution in [-0.2, 0) is 0 Å². The maximum Gasteiger partial charge on any atom is 0.180 e. The number of fused-ring (bicyclic) bond motifs is 1.